The second-order valence-electron chi connectivity index (χ2n) is 6.09. The van der Waals surface area contributed by atoms with Crippen molar-refractivity contribution < 1.29 is 18.7 Å². The number of rotatable bonds is 3. The molecule has 4 nitrogen and oxygen atoms in total. The van der Waals surface area contributed by atoms with Crippen LogP contribution in [0, 0.1) is 11.7 Å². The van der Waals surface area contributed by atoms with Crippen LogP contribution in [0.4, 0.5) is 4.39 Å². The third kappa shape index (κ3) is 4.43. The normalized spacial score (nSPS) is 17.0. The fourth-order valence-corrected chi connectivity index (χ4v) is 3.59. The Bertz CT molecular complexity index is 828. The van der Waals surface area contributed by atoms with Gasteiger partial charge in [-0.3, -0.25) is 9.59 Å². The summed E-state index contributed by atoms with van der Waals surface area (Å²) < 4.78 is 19.2. The first-order chi connectivity index (χ1) is 12.4. The van der Waals surface area contributed by atoms with E-state index >= 15 is 0 Å². The van der Waals surface area contributed by atoms with Crippen molar-refractivity contribution >= 4 is 39.4 Å². The molecule has 0 bridgehead atoms. The van der Waals surface area contributed by atoms with Crippen LogP contribution in [-0.4, -0.2) is 29.9 Å². The maximum Gasteiger partial charge on any atom is 0.316 e. The van der Waals surface area contributed by atoms with Gasteiger partial charge in [0, 0.05) is 23.1 Å². The molecule has 1 unspecified atom stereocenters. The lowest BCUT2D eigenvalue weighted by Gasteiger charge is -2.31. The minimum atomic E-state index is -0.423. The average molecular weight is 441 g/mol. The summed E-state index contributed by atoms with van der Waals surface area (Å²) in [6.07, 6.45) is 1.33. The largest absolute Gasteiger partial charge is 0.425 e. The zero-order valence-corrected chi connectivity index (χ0v) is 16.1. The zero-order chi connectivity index (χ0) is 18.7. The van der Waals surface area contributed by atoms with E-state index in [1.807, 2.05) is 0 Å². The Hall–Kier alpha value is -1.92. The first-order valence-electron chi connectivity index (χ1n) is 8.15. The van der Waals surface area contributed by atoms with Gasteiger partial charge in [-0.05, 0) is 55.3 Å². The second-order valence-corrected chi connectivity index (χ2v) is 7.42. The Morgan fingerprint density at radius 3 is 2.62 bits per heavy atom. The number of carbonyl (C=O) groups excluding carboxylic acids is 2. The zero-order valence-electron chi connectivity index (χ0n) is 13.8. The van der Waals surface area contributed by atoms with Crippen molar-refractivity contribution in [1.82, 2.24) is 4.90 Å². The molecule has 2 aromatic rings. The third-order valence-corrected chi connectivity index (χ3v) is 5.03. The third-order valence-electron chi connectivity index (χ3n) is 4.24. The van der Waals surface area contributed by atoms with Crippen LogP contribution in [0.1, 0.15) is 23.2 Å². The fraction of sp³-hybridized carbons (Fsp3) is 0.263. The molecule has 3 rings (SSSR count). The molecule has 0 saturated carbocycles. The van der Waals surface area contributed by atoms with Gasteiger partial charge >= 0.3 is 5.97 Å². The molecule has 1 aliphatic rings. The van der Waals surface area contributed by atoms with Gasteiger partial charge in [-0.15, -0.1) is 0 Å². The van der Waals surface area contributed by atoms with Crippen molar-refractivity contribution in [3.05, 3.63) is 63.3 Å². The summed E-state index contributed by atoms with van der Waals surface area (Å²) in [5.74, 6) is -1.15. The van der Waals surface area contributed by atoms with E-state index in [1.54, 1.807) is 23.1 Å². The van der Waals surface area contributed by atoms with E-state index in [1.165, 1.54) is 24.3 Å². The topological polar surface area (TPSA) is 46.6 Å². The molecule has 7 heteroatoms. The monoisotopic (exact) mass is 439 g/mol. The van der Waals surface area contributed by atoms with Gasteiger partial charge in [0.1, 0.15) is 11.6 Å². The summed E-state index contributed by atoms with van der Waals surface area (Å²) in [6, 6.07) is 10.4. The van der Waals surface area contributed by atoms with Crippen molar-refractivity contribution in [3.8, 4) is 5.75 Å². The van der Waals surface area contributed by atoms with Crippen LogP contribution in [0.25, 0.3) is 0 Å². The fourth-order valence-electron chi connectivity index (χ4n) is 2.88. The average Bonchev–Trinajstić information content (AvgIpc) is 2.64. The molecule has 26 heavy (non-hydrogen) atoms. The van der Waals surface area contributed by atoms with Crippen LogP contribution >= 0.6 is 27.5 Å². The summed E-state index contributed by atoms with van der Waals surface area (Å²) in [5.41, 5.74) is 0.399. The Morgan fingerprint density at radius 1 is 1.19 bits per heavy atom. The minimum Gasteiger partial charge on any atom is -0.425 e. The van der Waals surface area contributed by atoms with Crippen LogP contribution in [0.2, 0.25) is 5.02 Å². The van der Waals surface area contributed by atoms with Gasteiger partial charge in [0.05, 0.1) is 10.9 Å². The summed E-state index contributed by atoms with van der Waals surface area (Å²) in [7, 11) is 0. The van der Waals surface area contributed by atoms with Gasteiger partial charge in [-0.2, -0.15) is 0 Å². The highest BCUT2D eigenvalue weighted by Gasteiger charge is 2.30. The van der Waals surface area contributed by atoms with Crippen molar-refractivity contribution in [2.24, 2.45) is 5.92 Å². The van der Waals surface area contributed by atoms with Gasteiger partial charge in [0.15, 0.2) is 0 Å². The van der Waals surface area contributed by atoms with E-state index in [2.05, 4.69) is 15.9 Å². The number of amides is 1. The van der Waals surface area contributed by atoms with Crippen molar-refractivity contribution in [1.29, 1.82) is 0 Å². The van der Waals surface area contributed by atoms with Gasteiger partial charge in [0.2, 0.25) is 0 Å². The number of hydrogen-bond acceptors (Lipinski definition) is 3. The number of likely N-dealkylation sites (tertiary alicyclic amines) is 1. The van der Waals surface area contributed by atoms with E-state index in [0.29, 0.717) is 35.7 Å². The standard InChI is InChI=1S/C19H16BrClFNO3/c20-14-5-8-17(16(21)10-14)26-19(25)13-2-1-9-23(11-13)18(24)12-3-6-15(22)7-4-12/h3-8,10,13H,1-2,9,11H2. The predicted molar refractivity (Wildman–Crippen MR) is 99.8 cm³/mol. The minimum absolute atomic E-state index is 0.218. The maximum absolute atomic E-state index is 13.0. The Labute approximate surface area is 164 Å². The molecule has 1 fully saturated rings. The second kappa shape index (κ2) is 8.18. The molecule has 0 aliphatic carbocycles. The van der Waals surface area contributed by atoms with Gasteiger partial charge in [-0.1, -0.05) is 27.5 Å². The SMILES string of the molecule is O=C(Oc1ccc(Br)cc1Cl)C1CCCN(C(=O)c2ccc(F)cc2)C1. The molecule has 1 heterocycles. The molecule has 0 spiro atoms. The number of carbonyl (C=O) groups is 2. The van der Waals surface area contributed by atoms with Crippen LogP contribution in [-0.2, 0) is 4.79 Å². The molecular weight excluding hydrogens is 425 g/mol. The lowest BCUT2D eigenvalue weighted by molar-refractivity contribution is -0.140. The van der Waals surface area contributed by atoms with E-state index in [4.69, 9.17) is 16.3 Å². The number of hydrogen-bond donors (Lipinski definition) is 0. The first-order valence-corrected chi connectivity index (χ1v) is 9.33. The van der Waals surface area contributed by atoms with E-state index in [9.17, 15) is 14.0 Å². The van der Waals surface area contributed by atoms with Crippen LogP contribution in [0.5, 0.6) is 5.75 Å². The highest BCUT2D eigenvalue weighted by atomic mass is 79.9. The van der Waals surface area contributed by atoms with E-state index in [0.717, 1.165) is 4.47 Å². The molecule has 136 valence electrons. The lowest BCUT2D eigenvalue weighted by Crippen LogP contribution is -2.43. The van der Waals surface area contributed by atoms with Crippen LogP contribution in [0.15, 0.2) is 46.9 Å². The number of nitrogens with zero attached hydrogens (tertiary/aromatic N) is 1. The molecule has 0 aromatic heterocycles. The Morgan fingerprint density at radius 2 is 1.92 bits per heavy atom. The Balaban J connectivity index is 1.66. The number of halogens is 3. The summed E-state index contributed by atoms with van der Waals surface area (Å²) in [6.45, 7) is 0.822. The summed E-state index contributed by atoms with van der Waals surface area (Å²) in [4.78, 5) is 26.6. The molecule has 1 atom stereocenters. The highest BCUT2D eigenvalue weighted by Crippen LogP contribution is 2.29. The molecule has 1 aliphatic heterocycles. The molecule has 2 aromatic carbocycles. The van der Waals surface area contributed by atoms with E-state index in [-0.39, 0.29) is 12.5 Å². The van der Waals surface area contributed by atoms with Crippen LogP contribution in [0.3, 0.4) is 0 Å². The molecule has 1 amide bonds. The quantitative estimate of drug-likeness (QED) is 0.513. The lowest BCUT2D eigenvalue weighted by atomic mass is 9.97. The van der Waals surface area contributed by atoms with Gasteiger partial charge in [-0.25, -0.2) is 4.39 Å². The van der Waals surface area contributed by atoms with Crippen molar-refractivity contribution in [2.75, 3.05) is 13.1 Å². The van der Waals surface area contributed by atoms with Gasteiger partial charge < -0.3 is 9.64 Å². The molecule has 1 saturated heterocycles. The smallest absolute Gasteiger partial charge is 0.316 e. The van der Waals surface area contributed by atoms with E-state index < -0.39 is 17.7 Å². The summed E-state index contributed by atoms with van der Waals surface area (Å²) >= 11 is 9.38. The number of esters is 1. The predicted octanol–water partition coefficient (Wildman–Crippen LogP) is 4.70. The Kier molecular flexibility index (Phi) is 5.94. The van der Waals surface area contributed by atoms with Crippen LogP contribution < -0.4 is 4.74 Å². The number of benzene rings is 2. The molecule has 0 N–H and O–H groups in total. The first kappa shape index (κ1) is 18.9. The summed E-state index contributed by atoms with van der Waals surface area (Å²) in [5, 5.41) is 0.336. The number of piperidine rings is 1. The van der Waals surface area contributed by atoms with Crippen molar-refractivity contribution in [3.63, 3.8) is 0 Å². The maximum atomic E-state index is 13.0. The molecular formula is C19H16BrClFNO3. The van der Waals surface area contributed by atoms with Crippen molar-refractivity contribution in [2.45, 2.75) is 12.8 Å². The van der Waals surface area contributed by atoms with Gasteiger partial charge in [0.25, 0.3) is 5.91 Å². The molecule has 0 radical (unpaired) electrons. The number of ether oxygens (including phenoxy) is 1. The highest BCUT2D eigenvalue weighted by molar-refractivity contribution is 9.10.